The molecule has 1 aliphatic carbocycles. The summed E-state index contributed by atoms with van der Waals surface area (Å²) < 4.78 is 0. The van der Waals surface area contributed by atoms with E-state index in [2.05, 4.69) is 15.1 Å². The monoisotopic (exact) mass is 231 g/mol. The number of hydrogen-bond acceptors (Lipinski definition) is 4. The van der Waals surface area contributed by atoms with Gasteiger partial charge in [0.1, 0.15) is 0 Å². The minimum absolute atomic E-state index is 0.509. The van der Waals surface area contributed by atoms with Gasteiger partial charge in [-0.05, 0) is 19.9 Å². The van der Waals surface area contributed by atoms with E-state index in [0.717, 1.165) is 6.54 Å². The van der Waals surface area contributed by atoms with Gasteiger partial charge in [0.05, 0.1) is 0 Å². The first-order valence-electron chi connectivity index (χ1n) is 5.17. The number of rotatable bonds is 7. The number of carbonyl (C=O) groups is 2. The second-order valence-electron chi connectivity index (χ2n) is 3.75. The Bertz CT molecular complexity index is 255. The van der Waals surface area contributed by atoms with Gasteiger partial charge in [0.25, 0.3) is 0 Å². The van der Waals surface area contributed by atoms with Crippen LogP contribution in [0.3, 0.4) is 0 Å². The van der Waals surface area contributed by atoms with Crippen molar-refractivity contribution in [2.24, 2.45) is 0 Å². The van der Waals surface area contributed by atoms with Crippen molar-refractivity contribution in [3.05, 3.63) is 0 Å². The first-order valence-corrected chi connectivity index (χ1v) is 5.17. The second kappa shape index (κ2) is 6.29. The molecule has 2 amide bonds. The van der Waals surface area contributed by atoms with Gasteiger partial charge < -0.3 is 15.3 Å². The molecule has 0 aromatic carbocycles. The van der Waals surface area contributed by atoms with Gasteiger partial charge in [-0.2, -0.15) is 0 Å². The van der Waals surface area contributed by atoms with Gasteiger partial charge in [-0.25, -0.2) is 15.1 Å². The molecule has 1 rings (SSSR count). The molecule has 0 aliphatic heterocycles. The zero-order valence-electron chi connectivity index (χ0n) is 9.23. The Morgan fingerprint density at radius 2 is 2.19 bits per heavy atom. The molecule has 0 bridgehead atoms. The fourth-order valence-electron chi connectivity index (χ4n) is 1.24. The maximum Gasteiger partial charge on any atom is 0.338 e. The van der Waals surface area contributed by atoms with E-state index < -0.39 is 18.6 Å². The molecule has 3 N–H and O–H groups in total. The van der Waals surface area contributed by atoms with Crippen molar-refractivity contribution in [3.63, 3.8) is 0 Å². The highest BCUT2D eigenvalue weighted by molar-refractivity contribution is 5.73. The standard InChI is InChI=1S/C9H17N3O4/c1-12(7-2-3-7)5-4-10-9(15)11-16-6-8(13)14/h7H,2-6H2,1H3,(H,13,14)(H2,10,11,15). The summed E-state index contributed by atoms with van der Waals surface area (Å²) in [6.07, 6.45) is 2.45. The number of hydroxylamine groups is 1. The lowest BCUT2D eigenvalue weighted by Crippen LogP contribution is -2.40. The van der Waals surface area contributed by atoms with Crippen LogP contribution in [-0.4, -0.2) is 54.8 Å². The Morgan fingerprint density at radius 1 is 1.50 bits per heavy atom. The first-order chi connectivity index (χ1) is 7.59. The van der Waals surface area contributed by atoms with Crippen molar-refractivity contribution in [2.75, 3.05) is 26.7 Å². The van der Waals surface area contributed by atoms with Gasteiger partial charge in [-0.3, -0.25) is 4.84 Å². The van der Waals surface area contributed by atoms with E-state index in [1.54, 1.807) is 0 Å². The minimum atomic E-state index is -1.13. The third kappa shape index (κ3) is 5.52. The predicted molar refractivity (Wildman–Crippen MR) is 55.8 cm³/mol. The Hall–Kier alpha value is -1.34. The lowest BCUT2D eigenvalue weighted by Gasteiger charge is -2.15. The number of nitrogens with one attached hydrogen (secondary N) is 2. The summed E-state index contributed by atoms with van der Waals surface area (Å²) in [6, 6.07) is 0.138. The molecule has 0 spiro atoms. The van der Waals surface area contributed by atoms with Gasteiger partial charge in [-0.15, -0.1) is 0 Å². The Kier molecular flexibility index (Phi) is 5.00. The minimum Gasteiger partial charge on any atom is -0.479 e. The summed E-state index contributed by atoms with van der Waals surface area (Å²) in [5, 5.41) is 10.8. The number of aliphatic carboxylic acids is 1. The van der Waals surface area contributed by atoms with Crippen LogP contribution in [0.25, 0.3) is 0 Å². The summed E-state index contributed by atoms with van der Waals surface area (Å²) in [6.45, 7) is 0.738. The summed E-state index contributed by atoms with van der Waals surface area (Å²) in [5.74, 6) is -1.13. The predicted octanol–water partition coefficient (Wildman–Crippen LogP) is -0.604. The van der Waals surface area contributed by atoms with Crippen LogP contribution in [0.4, 0.5) is 4.79 Å². The van der Waals surface area contributed by atoms with E-state index >= 15 is 0 Å². The van der Waals surface area contributed by atoms with Crippen molar-refractivity contribution < 1.29 is 19.5 Å². The SMILES string of the molecule is CN(CCNC(=O)NOCC(=O)O)C1CC1. The van der Waals surface area contributed by atoms with Gasteiger partial charge in [0, 0.05) is 19.1 Å². The molecule has 0 aromatic rings. The van der Waals surface area contributed by atoms with E-state index in [9.17, 15) is 9.59 Å². The molecule has 1 saturated carbocycles. The molecule has 0 unspecified atom stereocenters. The van der Waals surface area contributed by atoms with E-state index in [4.69, 9.17) is 5.11 Å². The molecule has 7 heteroatoms. The third-order valence-electron chi connectivity index (χ3n) is 2.28. The third-order valence-corrected chi connectivity index (χ3v) is 2.28. The number of amides is 2. The van der Waals surface area contributed by atoms with E-state index in [1.807, 2.05) is 12.5 Å². The van der Waals surface area contributed by atoms with Gasteiger partial charge in [-0.1, -0.05) is 0 Å². The van der Waals surface area contributed by atoms with Crippen molar-refractivity contribution in [3.8, 4) is 0 Å². The fraction of sp³-hybridized carbons (Fsp3) is 0.778. The van der Waals surface area contributed by atoms with Crippen LogP contribution in [0.5, 0.6) is 0 Å². The maximum atomic E-state index is 11.0. The molecule has 1 aliphatic rings. The van der Waals surface area contributed by atoms with Crippen LogP contribution < -0.4 is 10.8 Å². The molecule has 0 heterocycles. The number of nitrogens with zero attached hydrogens (tertiary/aromatic N) is 1. The number of carbonyl (C=O) groups excluding carboxylic acids is 1. The molecule has 0 radical (unpaired) electrons. The molecule has 1 fully saturated rings. The highest BCUT2D eigenvalue weighted by Crippen LogP contribution is 2.24. The molecule has 92 valence electrons. The van der Waals surface area contributed by atoms with Crippen LogP contribution in [0.15, 0.2) is 0 Å². The molecule has 0 atom stereocenters. The quantitative estimate of drug-likeness (QED) is 0.509. The molecule has 0 aromatic heterocycles. The number of carboxylic acid groups (broad SMARTS) is 1. The highest BCUT2D eigenvalue weighted by atomic mass is 16.7. The molecule has 0 saturated heterocycles. The molecule has 16 heavy (non-hydrogen) atoms. The molecule has 7 nitrogen and oxygen atoms in total. The van der Waals surface area contributed by atoms with Crippen molar-refractivity contribution in [1.82, 2.24) is 15.7 Å². The lowest BCUT2D eigenvalue weighted by atomic mass is 10.5. The average molecular weight is 231 g/mol. The summed E-state index contributed by atoms with van der Waals surface area (Å²) >= 11 is 0. The number of hydrogen-bond donors (Lipinski definition) is 3. The van der Waals surface area contributed by atoms with Crippen LogP contribution in [0, 0.1) is 0 Å². The van der Waals surface area contributed by atoms with E-state index in [-0.39, 0.29) is 0 Å². The Balaban J connectivity index is 1.94. The van der Waals surface area contributed by atoms with E-state index in [1.165, 1.54) is 12.8 Å². The normalized spacial score (nSPS) is 14.9. The van der Waals surface area contributed by atoms with Gasteiger partial charge in [0.15, 0.2) is 6.61 Å². The first kappa shape index (κ1) is 12.7. The zero-order valence-corrected chi connectivity index (χ0v) is 9.23. The van der Waals surface area contributed by atoms with Crippen LogP contribution in [0.1, 0.15) is 12.8 Å². The summed E-state index contributed by atoms with van der Waals surface area (Å²) in [7, 11) is 2.01. The topological polar surface area (TPSA) is 90.9 Å². The van der Waals surface area contributed by atoms with Gasteiger partial charge >= 0.3 is 12.0 Å². The van der Waals surface area contributed by atoms with Crippen molar-refractivity contribution in [1.29, 1.82) is 0 Å². The summed E-state index contributed by atoms with van der Waals surface area (Å²) in [5.41, 5.74) is 1.98. The fourth-order valence-corrected chi connectivity index (χ4v) is 1.24. The second-order valence-corrected chi connectivity index (χ2v) is 3.75. The largest absolute Gasteiger partial charge is 0.479 e. The smallest absolute Gasteiger partial charge is 0.338 e. The molecular weight excluding hydrogens is 214 g/mol. The van der Waals surface area contributed by atoms with Gasteiger partial charge in [0.2, 0.25) is 0 Å². The van der Waals surface area contributed by atoms with Crippen LogP contribution >= 0.6 is 0 Å². The van der Waals surface area contributed by atoms with Crippen LogP contribution in [-0.2, 0) is 9.63 Å². The van der Waals surface area contributed by atoms with Crippen molar-refractivity contribution >= 4 is 12.0 Å². The highest BCUT2D eigenvalue weighted by Gasteiger charge is 2.25. The molecular formula is C9H17N3O4. The number of carboxylic acids is 1. The lowest BCUT2D eigenvalue weighted by molar-refractivity contribution is -0.144. The van der Waals surface area contributed by atoms with E-state index in [0.29, 0.717) is 12.6 Å². The summed E-state index contributed by atoms with van der Waals surface area (Å²) in [4.78, 5) is 27.7. The Morgan fingerprint density at radius 3 is 2.75 bits per heavy atom. The maximum absolute atomic E-state index is 11.0. The average Bonchev–Trinajstić information content (AvgIpc) is 2.99. The van der Waals surface area contributed by atoms with Crippen molar-refractivity contribution in [2.45, 2.75) is 18.9 Å². The zero-order chi connectivity index (χ0) is 12.0. The Labute approximate surface area is 93.7 Å². The number of likely N-dealkylation sites (N-methyl/N-ethyl adjacent to an activating group) is 1. The number of urea groups is 1. The van der Waals surface area contributed by atoms with Crippen LogP contribution in [0.2, 0.25) is 0 Å².